The highest BCUT2D eigenvalue weighted by atomic mass is 32.2. The van der Waals surface area contributed by atoms with E-state index in [4.69, 9.17) is 4.42 Å². The standard InChI is InChI=1S/C8H16N4OS/c1-9-6-7-11-12-8(13-7)10-4-3-5-14-2/h9H,3-6H2,1-2H3,(H,10,12). The van der Waals surface area contributed by atoms with Crippen LogP contribution >= 0.6 is 11.8 Å². The van der Waals surface area contributed by atoms with Crippen molar-refractivity contribution >= 4 is 17.8 Å². The number of nitrogens with one attached hydrogen (secondary N) is 2. The molecule has 0 amide bonds. The number of nitrogens with zero attached hydrogens (tertiary/aromatic N) is 2. The van der Waals surface area contributed by atoms with Crippen LogP contribution in [0.2, 0.25) is 0 Å². The predicted octanol–water partition coefficient (Wildman–Crippen LogP) is 0.954. The van der Waals surface area contributed by atoms with Gasteiger partial charge in [0.1, 0.15) is 0 Å². The summed E-state index contributed by atoms with van der Waals surface area (Å²) in [5, 5.41) is 13.7. The lowest BCUT2D eigenvalue weighted by molar-refractivity contribution is 0.489. The van der Waals surface area contributed by atoms with Gasteiger partial charge < -0.3 is 15.1 Å². The highest BCUT2D eigenvalue weighted by Gasteiger charge is 2.02. The van der Waals surface area contributed by atoms with Crippen molar-refractivity contribution in [3.8, 4) is 0 Å². The van der Waals surface area contributed by atoms with E-state index in [2.05, 4.69) is 27.1 Å². The van der Waals surface area contributed by atoms with E-state index in [1.807, 2.05) is 18.8 Å². The molecule has 0 aromatic carbocycles. The fourth-order valence-corrected chi connectivity index (χ4v) is 1.39. The van der Waals surface area contributed by atoms with E-state index in [0.29, 0.717) is 18.5 Å². The first-order chi connectivity index (χ1) is 6.86. The van der Waals surface area contributed by atoms with Gasteiger partial charge in [0.2, 0.25) is 5.89 Å². The molecule has 0 spiro atoms. The molecule has 2 N–H and O–H groups in total. The Morgan fingerprint density at radius 2 is 2.29 bits per heavy atom. The number of thioether (sulfide) groups is 1. The second-order valence-electron chi connectivity index (χ2n) is 2.80. The van der Waals surface area contributed by atoms with Gasteiger partial charge in [-0.2, -0.15) is 11.8 Å². The Morgan fingerprint density at radius 3 is 3.00 bits per heavy atom. The van der Waals surface area contributed by atoms with Crippen LogP contribution in [-0.2, 0) is 6.54 Å². The minimum atomic E-state index is 0.511. The zero-order valence-corrected chi connectivity index (χ0v) is 9.36. The molecular weight excluding hydrogens is 200 g/mol. The van der Waals surface area contributed by atoms with Crippen LogP contribution < -0.4 is 10.6 Å². The lowest BCUT2D eigenvalue weighted by Crippen LogP contribution is -2.05. The molecule has 0 unspecified atom stereocenters. The topological polar surface area (TPSA) is 63.0 Å². The summed E-state index contributed by atoms with van der Waals surface area (Å²) < 4.78 is 5.30. The molecule has 0 bridgehead atoms. The van der Waals surface area contributed by atoms with Gasteiger partial charge >= 0.3 is 6.01 Å². The molecule has 0 saturated carbocycles. The van der Waals surface area contributed by atoms with E-state index < -0.39 is 0 Å². The van der Waals surface area contributed by atoms with Crippen LogP contribution in [0.15, 0.2) is 4.42 Å². The monoisotopic (exact) mass is 216 g/mol. The molecule has 0 aliphatic carbocycles. The second-order valence-corrected chi connectivity index (χ2v) is 3.79. The van der Waals surface area contributed by atoms with Crippen molar-refractivity contribution < 1.29 is 4.42 Å². The van der Waals surface area contributed by atoms with Crippen LogP contribution in [0, 0.1) is 0 Å². The molecular formula is C8H16N4OS. The van der Waals surface area contributed by atoms with Gasteiger partial charge in [-0.1, -0.05) is 5.10 Å². The van der Waals surface area contributed by atoms with E-state index in [0.717, 1.165) is 18.7 Å². The first kappa shape index (κ1) is 11.3. The first-order valence-corrected chi connectivity index (χ1v) is 5.96. The van der Waals surface area contributed by atoms with Gasteiger partial charge in [-0.3, -0.25) is 0 Å². The molecule has 0 aliphatic rings. The lowest BCUT2D eigenvalue weighted by Gasteiger charge is -1.98. The molecule has 0 aliphatic heterocycles. The van der Waals surface area contributed by atoms with Gasteiger partial charge in [-0.25, -0.2) is 0 Å². The number of hydrogen-bond acceptors (Lipinski definition) is 6. The fourth-order valence-electron chi connectivity index (χ4n) is 0.960. The molecule has 1 aromatic heterocycles. The third kappa shape index (κ3) is 3.97. The fraction of sp³-hybridized carbons (Fsp3) is 0.750. The van der Waals surface area contributed by atoms with E-state index in [1.165, 1.54) is 0 Å². The first-order valence-electron chi connectivity index (χ1n) is 4.56. The summed E-state index contributed by atoms with van der Waals surface area (Å²) in [6.07, 6.45) is 3.20. The molecule has 0 fully saturated rings. The molecule has 1 rings (SSSR count). The molecule has 80 valence electrons. The Bertz CT molecular complexity index is 253. The zero-order chi connectivity index (χ0) is 10.2. The zero-order valence-electron chi connectivity index (χ0n) is 8.54. The van der Waals surface area contributed by atoms with Crippen molar-refractivity contribution in [1.82, 2.24) is 15.5 Å². The number of anilines is 1. The predicted molar refractivity (Wildman–Crippen MR) is 58.6 cm³/mol. The molecule has 0 saturated heterocycles. The molecule has 1 heterocycles. The number of aromatic nitrogens is 2. The van der Waals surface area contributed by atoms with Crippen LogP contribution in [0.3, 0.4) is 0 Å². The molecule has 1 aromatic rings. The van der Waals surface area contributed by atoms with Gasteiger partial charge in [0, 0.05) is 6.54 Å². The van der Waals surface area contributed by atoms with Crippen LogP contribution in [0.5, 0.6) is 0 Å². The molecule has 14 heavy (non-hydrogen) atoms. The van der Waals surface area contributed by atoms with E-state index in [1.54, 1.807) is 0 Å². The third-order valence-corrected chi connectivity index (χ3v) is 2.29. The van der Waals surface area contributed by atoms with Gasteiger partial charge in [0.05, 0.1) is 6.54 Å². The third-order valence-electron chi connectivity index (χ3n) is 1.60. The normalized spacial score (nSPS) is 10.4. The van der Waals surface area contributed by atoms with Gasteiger partial charge in [-0.05, 0) is 25.5 Å². The molecule has 0 radical (unpaired) electrons. The number of rotatable bonds is 7. The van der Waals surface area contributed by atoms with Crippen molar-refractivity contribution in [2.24, 2.45) is 0 Å². The Labute approximate surface area is 88.0 Å². The highest BCUT2D eigenvalue weighted by Crippen LogP contribution is 2.05. The molecule has 5 nitrogen and oxygen atoms in total. The summed E-state index contributed by atoms with van der Waals surface area (Å²) in [6.45, 7) is 1.49. The largest absolute Gasteiger partial charge is 0.407 e. The van der Waals surface area contributed by atoms with E-state index >= 15 is 0 Å². The quantitative estimate of drug-likeness (QED) is 0.662. The summed E-state index contributed by atoms with van der Waals surface area (Å²) in [4.78, 5) is 0. The van der Waals surface area contributed by atoms with Crippen LogP contribution in [0.1, 0.15) is 12.3 Å². The van der Waals surface area contributed by atoms with Crippen molar-refractivity contribution in [2.45, 2.75) is 13.0 Å². The second kappa shape index (κ2) is 6.67. The summed E-state index contributed by atoms with van der Waals surface area (Å²) >= 11 is 1.83. The van der Waals surface area contributed by atoms with Gasteiger partial charge in [-0.15, -0.1) is 5.10 Å². The molecule has 0 atom stereocenters. The summed E-state index contributed by atoms with van der Waals surface area (Å²) in [5.74, 6) is 1.75. The van der Waals surface area contributed by atoms with E-state index in [-0.39, 0.29) is 0 Å². The van der Waals surface area contributed by atoms with Crippen LogP contribution in [0.25, 0.3) is 0 Å². The SMILES string of the molecule is CNCc1nnc(NCCCSC)o1. The van der Waals surface area contributed by atoms with Crippen LogP contribution in [-0.4, -0.2) is 35.8 Å². The Morgan fingerprint density at radius 1 is 1.43 bits per heavy atom. The van der Waals surface area contributed by atoms with Crippen molar-refractivity contribution in [3.05, 3.63) is 5.89 Å². The van der Waals surface area contributed by atoms with Crippen molar-refractivity contribution in [1.29, 1.82) is 0 Å². The Hall–Kier alpha value is -0.750. The average Bonchev–Trinajstić information content (AvgIpc) is 2.61. The number of hydrogen-bond donors (Lipinski definition) is 2. The van der Waals surface area contributed by atoms with Gasteiger partial charge in [0.15, 0.2) is 0 Å². The maximum absolute atomic E-state index is 5.30. The van der Waals surface area contributed by atoms with Crippen molar-refractivity contribution in [2.75, 3.05) is 30.9 Å². The minimum absolute atomic E-state index is 0.511. The Kier molecular flexibility index (Phi) is 5.39. The maximum Gasteiger partial charge on any atom is 0.315 e. The summed E-state index contributed by atoms with van der Waals surface area (Å²) in [6, 6.07) is 0.511. The van der Waals surface area contributed by atoms with E-state index in [9.17, 15) is 0 Å². The van der Waals surface area contributed by atoms with Gasteiger partial charge in [0.25, 0.3) is 0 Å². The summed E-state index contributed by atoms with van der Waals surface area (Å²) in [5.41, 5.74) is 0. The smallest absolute Gasteiger partial charge is 0.315 e. The average molecular weight is 216 g/mol. The Balaban J connectivity index is 2.22. The summed E-state index contributed by atoms with van der Waals surface area (Å²) in [7, 11) is 1.84. The van der Waals surface area contributed by atoms with Crippen molar-refractivity contribution in [3.63, 3.8) is 0 Å². The van der Waals surface area contributed by atoms with Crippen LogP contribution in [0.4, 0.5) is 6.01 Å². The molecule has 6 heteroatoms. The highest BCUT2D eigenvalue weighted by molar-refractivity contribution is 7.98. The minimum Gasteiger partial charge on any atom is -0.407 e. The lowest BCUT2D eigenvalue weighted by atomic mass is 10.5. The maximum atomic E-state index is 5.30.